The highest BCUT2D eigenvalue weighted by molar-refractivity contribution is 7.13. The van der Waals surface area contributed by atoms with E-state index in [9.17, 15) is 4.79 Å². The maximum atomic E-state index is 12.6. The van der Waals surface area contributed by atoms with E-state index >= 15 is 0 Å². The molecule has 31 heavy (non-hydrogen) atoms. The van der Waals surface area contributed by atoms with E-state index < -0.39 is 0 Å². The van der Waals surface area contributed by atoms with Gasteiger partial charge in [0.05, 0.1) is 17.8 Å². The van der Waals surface area contributed by atoms with Gasteiger partial charge < -0.3 is 4.74 Å². The molecule has 0 aliphatic carbocycles. The number of hydrogen-bond donors (Lipinski definition) is 0. The van der Waals surface area contributed by atoms with Gasteiger partial charge in [-0.1, -0.05) is 41.9 Å². The van der Waals surface area contributed by atoms with Crippen LogP contribution >= 0.6 is 22.9 Å². The first-order valence-electron chi connectivity index (χ1n) is 10.7. The van der Waals surface area contributed by atoms with Crippen molar-refractivity contribution in [1.29, 1.82) is 0 Å². The first kappa shape index (κ1) is 22.0. The summed E-state index contributed by atoms with van der Waals surface area (Å²) in [6, 6.07) is 15.6. The van der Waals surface area contributed by atoms with E-state index in [2.05, 4.69) is 34.5 Å². The molecule has 1 fully saturated rings. The molecule has 3 aromatic rings. The molecule has 162 valence electrons. The van der Waals surface area contributed by atoms with E-state index in [4.69, 9.17) is 21.3 Å². The standard InChI is InChI=1S/C25H27ClN2O2S/c1-30-24-15-20(8-9-22(24)26)23(29)10-7-18-11-13-28(14-12-18)16-21-17-31-25(27-21)19-5-3-2-4-6-19/h2-6,8-9,15,17-18H,7,10-14,16H2,1H3. The Morgan fingerprint density at radius 3 is 2.71 bits per heavy atom. The van der Waals surface area contributed by atoms with Crippen molar-refractivity contribution < 1.29 is 9.53 Å². The van der Waals surface area contributed by atoms with Gasteiger partial charge in [0.2, 0.25) is 0 Å². The van der Waals surface area contributed by atoms with Crippen LogP contribution in [0.2, 0.25) is 5.02 Å². The van der Waals surface area contributed by atoms with Gasteiger partial charge in [-0.25, -0.2) is 4.98 Å². The van der Waals surface area contributed by atoms with E-state index in [1.54, 1.807) is 36.6 Å². The minimum Gasteiger partial charge on any atom is -0.495 e. The van der Waals surface area contributed by atoms with Crippen LogP contribution in [-0.2, 0) is 6.54 Å². The Balaban J connectivity index is 1.23. The lowest BCUT2D eigenvalue weighted by molar-refractivity contribution is 0.0961. The highest BCUT2D eigenvalue weighted by Gasteiger charge is 2.21. The molecule has 1 saturated heterocycles. The fourth-order valence-electron chi connectivity index (χ4n) is 4.07. The minimum atomic E-state index is 0.160. The van der Waals surface area contributed by atoms with Crippen molar-refractivity contribution in [3.05, 3.63) is 70.2 Å². The van der Waals surface area contributed by atoms with Crippen molar-refractivity contribution >= 4 is 28.7 Å². The van der Waals surface area contributed by atoms with Crippen LogP contribution in [0.3, 0.4) is 0 Å². The smallest absolute Gasteiger partial charge is 0.163 e. The molecule has 6 heteroatoms. The van der Waals surface area contributed by atoms with E-state index in [1.807, 2.05) is 6.07 Å². The highest BCUT2D eigenvalue weighted by Crippen LogP contribution is 2.28. The van der Waals surface area contributed by atoms with Crippen LogP contribution in [0.4, 0.5) is 0 Å². The number of halogens is 1. The molecule has 1 aliphatic rings. The van der Waals surface area contributed by atoms with Crippen molar-refractivity contribution in [2.24, 2.45) is 5.92 Å². The van der Waals surface area contributed by atoms with Crippen LogP contribution in [0.1, 0.15) is 41.7 Å². The Hall–Kier alpha value is -2.21. The average molecular weight is 455 g/mol. The summed E-state index contributed by atoms with van der Waals surface area (Å²) >= 11 is 7.77. The second-order valence-electron chi connectivity index (χ2n) is 8.04. The van der Waals surface area contributed by atoms with Crippen LogP contribution in [0.5, 0.6) is 5.75 Å². The molecule has 4 rings (SSSR count). The molecule has 0 N–H and O–H groups in total. The third kappa shape index (κ3) is 5.73. The van der Waals surface area contributed by atoms with Crippen molar-refractivity contribution in [2.45, 2.75) is 32.2 Å². The van der Waals surface area contributed by atoms with Gasteiger partial charge >= 0.3 is 0 Å². The summed E-state index contributed by atoms with van der Waals surface area (Å²) < 4.78 is 5.22. The van der Waals surface area contributed by atoms with Gasteiger partial charge in [0.15, 0.2) is 5.78 Å². The molecule has 2 aromatic carbocycles. The van der Waals surface area contributed by atoms with Gasteiger partial charge in [-0.3, -0.25) is 9.69 Å². The molecular formula is C25H27ClN2O2S. The summed E-state index contributed by atoms with van der Waals surface area (Å²) in [6.07, 6.45) is 3.77. The zero-order chi connectivity index (χ0) is 21.6. The lowest BCUT2D eigenvalue weighted by Gasteiger charge is -2.31. The fraction of sp³-hybridized carbons (Fsp3) is 0.360. The monoisotopic (exact) mass is 454 g/mol. The van der Waals surface area contributed by atoms with Crippen LogP contribution in [-0.4, -0.2) is 35.9 Å². The second-order valence-corrected chi connectivity index (χ2v) is 9.31. The molecule has 0 spiro atoms. The maximum absolute atomic E-state index is 12.6. The molecular weight excluding hydrogens is 428 g/mol. The Kier molecular flexibility index (Phi) is 7.38. The number of nitrogens with zero attached hydrogens (tertiary/aromatic N) is 2. The molecule has 0 amide bonds. The molecule has 2 heterocycles. The number of Topliss-reactive ketones (excluding diaryl/α,β-unsaturated/α-hetero) is 1. The second kappa shape index (κ2) is 10.4. The van der Waals surface area contributed by atoms with E-state index in [0.717, 1.165) is 49.6 Å². The van der Waals surface area contributed by atoms with Crippen molar-refractivity contribution in [1.82, 2.24) is 9.88 Å². The molecule has 0 atom stereocenters. The number of carbonyl (C=O) groups is 1. The number of piperidine rings is 1. The van der Waals surface area contributed by atoms with E-state index in [1.165, 1.54) is 5.56 Å². The van der Waals surface area contributed by atoms with Crippen molar-refractivity contribution in [3.63, 3.8) is 0 Å². The fourth-order valence-corrected chi connectivity index (χ4v) is 5.08. The van der Waals surface area contributed by atoms with Crippen LogP contribution in [0.15, 0.2) is 53.9 Å². The lowest BCUT2D eigenvalue weighted by Crippen LogP contribution is -2.33. The maximum Gasteiger partial charge on any atom is 0.163 e. The third-order valence-corrected chi connectivity index (χ3v) is 7.17. The molecule has 1 aromatic heterocycles. The summed E-state index contributed by atoms with van der Waals surface area (Å²) in [7, 11) is 1.57. The lowest BCUT2D eigenvalue weighted by atomic mass is 9.90. The Morgan fingerprint density at radius 1 is 1.19 bits per heavy atom. The number of methoxy groups -OCH3 is 1. The number of aromatic nitrogens is 1. The predicted molar refractivity (Wildman–Crippen MR) is 127 cm³/mol. The number of likely N-dealkylation sites (tertiary alicyclic amines) is 1. The largest absolute Gasteiger partial charge is 0.495 e. The SMILES string of the molecule is COc1cc(C(=O)CCC2CCN(Cc3csc(-c4ccccc4)n3)CC2)ccc1Cl. The summed E-state index contributed by atoms with van der Waals surface area (Å²) in [6.45, 7) is 3.02. The summed E-state index contributed by atoms with van der Waals surface area (Å²) in [4.78, 5) is 19.9. The first-order valence-corrected chi connectivity index (χ1v) is 12.0. The molecule has 1 aliphatic heterocycles. The number of thiazole rings is 1. The van der Waals surface area contributed by atoms with Gasteiger partial charge in [0, 0.05) is 29.5 Å². The highest BCUT2D eigenvalue weighted by atomic mass is 35.5. The minimum absolute atomic E-state index is 0.160. The van der Waals surface area contributed by atoms with Crippen molar-refractivity contribution in [2.75, 3.05) is 20.2 Å². The third-order valence-electron chi connectivity index (χ3n) is 5.92. The zero-order valence-corrected chi connectivity index (χ0v) is 19.3. The molecule has 0 radical (unpaired) electrons. The average Bonchev–Trinajstić information content (AvgIpc) is 3.28. The van der Waals surface area contributed by atoms with Crippen LogP contribution in [0.25, 0.3) is 10.6 Å². The van der Waals surface area contributed by atoms with Crippen molar-refractivity contribution in [3.8, 4) is 16.3 Å². The summed E-state index contributed by atoms with van der Waals surface area (Å²) in [5.41, 5.74) is 3.01. The first-order chi connectivity index (χ1) is 15.1. The number of carbonyl (C=O) groups excluding carboxylic acids is 1. The van der Waals surface area contributed by atoms with E-state index in [0.29, 0.717) is 28.7 Å². The predicted octanol–water partition coefficient (Wildman–Crippen LogP) is 6.35. The number of ether oxygens (including phenoxy) is 1. The number of hydrogen-bond acceptors (Lipinski definition) is 5. The molecule has 0 bridgehead atoms. The summed E-state index contributed by atoms with van der Waals surface area (Å²) in [5.74, 6) is 1.32. The number of ketones is 1. The van der Waals surface area contributed by atoms with Crippen LogP contribution < -0.4 is 4.74 Å². The van der Waals surface area contributed by atoms with Gasteiger partial charge in [-0.15, -0.1) is 11.3 Å². The van der Waals surface area contributed by atoms with Crippen LogP contribution in [0, 0.1) is 5.92 Å². The summed E-state index contributed by atoms with van der Waals surface area (Å²) in [5, 5.41) is 3.79. The normalized spacial score (nSPS) is 15.2. The zero-order valence-electron chi connectivity index (χ0n) is 17.7. The quantitative estimate of drug-likeness (QED) is 0.372. The van der Waals surface area contributed by atoms with Gasteiger partial charge in [-0.05, 0) is 56.5 Å². The van der Waals surface area contributed by atoms with Gasteiger partial charge in [-0.2, -0.15) is 0 Å². The number of benzene rings is 2. The Morgan fingerprint density at radius 2 is 1.97 bits per heavy atom. The molecule has 0 unspecified atom stereocenters. The molecule has 0 saturated carbocycles. The molecule has 4 nitrogen and oxygen atoms in total. The Labute approximate surface area is 192 Å². The Bertz CT molecular complexity index is 1010. The topological polar surface area (TPSA) is 42.4 Å². The number of rotatable bonds is 8. The van der Waals surface area contributed by atoms with Gasteiger partial charge in [0.1, 0.15) is 10.8 Å². The van der Waals surface area contributed by atoms with E-state index in [-0.39, 0.29) is 5.78 Å². The van der Waals surface area contributed by atoms with Gasteiger partial charge in [0.25, 0.3) is 0 Å².